The Morgan fingerprint density at radius 3 is 2.79 bits per heavy atom. The Bertz CT molecular complexity index is 424. The molecule has 0 atom stereocenters. The lowest BCUT2D eigenvalue weighted by Gasteiger charge is -2.10. The summed E-state index contributed by atoms with van der Waals surface area (Å²) in [6.07, 6.45) is 2.65. The average molecular weight is 266 g/mol. The minimum atomic E-state index is -0.400. The highest BCUT2D eigenvalue weighted by Gasteiger charge is 2.13. The first kappa shape index (κ1) is 15.3. The van der Waals surface area contributed by atoms with Gasteiger partial charge in [-0.2, -0.15) is 0 Å². The van der Waals surface area contributed by atoms with Crippen LogP contribution in [0.5, 0.6) is 0 Å². The molecule has 0 fully saturated rings. The SMILES string of the molecule is CCOC(=O)c1cccn1CC(=O)NCCC(C)C. The first-order valence-corrected chi connectivity index (χ1v) is 6.63. The van der Waals surface area contributed by atoms with Crippen LogP contribution >= 0.6 is 0 Å². The zero-order valence-corrected chi connectivity index (χ0v) is 11.8. The van der Waals surface area contributed by atoms with E-state index in [9.17, 15) is 9.59 Å². The van der Waals surface area contributed by atoms with Crippen molar-refractivity contribution in [3.63, 3.8) is 0 Å². The summed E-state index contributed by atoms with van der Waals surface area (Å²) in [7, 11) is 0. The third-order valence-corrected chi connectivity index (χ3v) is 2.67. The molecule has 0 aliphatic rings. The van der Waals surface area contributed by atoms with Crippen molar-refractivity contribution in [3.8, 4) is 0 Å². The molecule has 0 aromatic carbocycles. The number of rotatable bonds is 7. The Hall–Kier alpha value is -1.78. The lowest BCUT2D eigenvalue weighted by molar-refractivity contribution is -0.121. The molecule has 1 amide bonds. The summed E-state index contributed by atoms with van der Waals surface area (Å²) in [4.78, 5) is 23.4. The molecule has 1 rings (SSSR count). The Kier molecular flexibility index (Phi) is 6.12. The van der Waals surface area contributed by atoms with E-state index in [0.717, 1.165) is 6.42 Å². The first-order valence-electron chi connectivity index (χ1n) is 6.63. The molecule has 1 heterocycles. The van der Waals surface area contributed by atoms with Crippen molar-refractivity contribution in [3.05, 3.63) is 24.0 Å². The molecule has 0 spiro atoms. The van der Waals surface area contributed by atoms with Crippen molar-refractivity contribution < 1.29 is 14.3 Å². The molecular formula is C14H22N2O3. The van der Waals surface area contributed by atoms with E-state index in [4.69, 9.17) is 4.74 Å². The molecule has 0 aliphatic carbocycles. The molecule has 0 radical (unpaired) electrons. The fourth-order valence-electron chi connectivity index (χ4n) is 1.65. The minimum absolute atomic E-state index is 0.0950. The van der Waals surface area contributed by atoms with Crippen LogP contribution in [0.4, 0.5) is 0 Å². The second-order valence-electron chi connectivity index (χ2n) is 4.77. The Labute approximate surface area is 113 Å². The van der Waals surface area contributed by atoms with E-state index in [-0.39, 0.29) is 12.5 Å². The van der Waals surface area contributed by atoms with Gasteiger partial charge >= 0.3 is 5.97 Å². The van der Waals surface area contributed by atoms with E-state index < -0.39 is 5.97 Å². The molecule has 1 aromatic heterocycles. The second kappa shape index (κ2) is 7.61. The molecule has 0 saturated carbocycles. The van der Waals surface area contributed by atoms with Gasteiger partial charge in [-0.05, 0) is 31.4 Å². The maximum absolute atomic E-state index is 11.7. The van der Waals surface area contributed by atoms with Gasteiger partial charge in [-0.3, -0.25) is 4.79 Å². The fourth-order valence-corrected chi connectivity index (χ4v) is 1.65. The highest BCUT2D eigenvalue weighted by Crippen LogP contribution is 2.04. The van der Waals surface area contributed by atoms with Gasteiger partial charge in [-0.15, -0.1) is 0 Å². The summed E-state index contributed by atoms with van der Waals surface area (Å²) in [6, 6.07) is 3.38. The fraction of sp³-hybridized carbons (Fsp3) is 0.571. The van der Waals surface area contributed by atoms with Gasteiger partial charge in [-0.25, -0.2) is 4.79 Å². The van der Waals surface area contributed by atoms with Gasteiger partial charge in [0.15, 0.2) is 0 Å². The smallest absolute Gasteiger partial charge is 0.354 e. The van der Waals surface area contributed by atoms with Crippen LogP contribution in [0, 0.1) is 5.92 Å². The van der Waals surface area contributed by atoms with Gasteiger partial charge < -0.3 is 14.6 Å². The number of amides is 1. The Morgan fingerprint density at radius 2 is 2.16 bits per heavy atom. The minimum Gasteiger partial charge on any atom is -0.461 e. The van der Waals surface area contributed by atoms with Crippen molar-refractivity contribution in [2.24, 2.45) is 5.92 Å². The number of nitrogens with zero attached hydrogens (tertiary/aromatic N) is 1. The lowest BCUT2D eigenvalue weighted by atomic mass is 10.1. The van der Waals surface area contributed by atoms with Gasteiger partial charge in [0.1, 0.15) is 12.2 Å². The summed E-state index contributed by atoms with van der Waals surface area (Å²) in [5, 5.41) is 2.84. The van der Waals surface area contributed by atoms with E-state index in [1.54, 1.807) is 29.8 Å². The topological polar surface area (TPSA) is 60.3 Å². The molecule has 0 saturated heterocycles. The number of carbonyl (C=O) groups is 2. The quantitative estimate of drug-likeness (QED) is 0.766. The summed E-state index contributed by atoms with van der Waals surface area (Å²) >= 11 is 0. The number of nitrogens with one attached hydrogen (secondary N) is 1. The van der Waals surface area contributed by atoms with E-state index >= 15 is 0 Å². The number of aromatic nitrogens is 1. The molecule has 19 heavy (non-hydrogen) atoms. The zero-order valence-electron chi connectivity index (χ0n) is 11.8. The molecule has 5 nitrogen and oxygen atoms in total. The largest absolute Gasteiger partial charge is 0.461 e. The first-order chi connectivity index (χ1) is 9.04. The van der Waals surface area contributed by atoms with E-state index in [2.05, 4.69) is 19.2 Å². The Morgan fingerprint density at radius 1 is 1.42 bits per heavy atom. The van der Waals surface area contributed by atoms with Crippen LogP contribution in [0.1, 0.15) is 37.7 Å². The zero-order chi connectivity index (χ0) is 14.3. The van der Waals surface area contributed by atoms with Crippen LogP contribution in [0.3, 0.4) is 0 Å². The number of hydrogen-bond donors (Lipinski definition) is 1. The van der Waals surface area contributed by atoms with Crippen molar-refractivity contribution in [1.29, 1.82) is 0 Å². The van der Waals surface area contributed by atoms with Crippen LogP contribution in [0.15, 0.2) is 18.3 Å². The number of esters is 1. The van der Waals surface area contributed by atoms with Crippen molar-refractivity contribution >= 4 is 11.9 Å². The van der Waals surface area contributed by atoms with Crippen molar-refractivity contribution in [1.82, 2.24) is 9.88 Å². The highest BCUT2D eigenvalue weighted by molar-refractivity contribution is 5.88. The third-order valence-electron chi connectivity index (χ3n) is 2.67. The standard InChI is InChI=1S/C14H22N2O3/c1-4-19-14(18)12-6-5-9-16(12)10-13(17)15-8-7-11(2)3/h5-6,9,11H,4,7-8,10H2,1-3H3,(H,15,17). The van der Waals surface area contributed by atoms with Gasteiger partial charge in [0.25, 0.3) is 0 Å². The molecule has 106 valence electrons. The van der Waals surface area contributed by atoms with Crippen molar-refractivity contribution in [2.75, 3.05) is 13.2 Å². The molecule has 0 unspecified atom stereocenters. The normalized spacial score (nSPS) is 10.5. The molecule has 0 bridgehead atoms. The van der Waals surface area contributed by atoms with Crippen LogP contribution in [-0.4, -0.2) is 29.6 Å². The number of ether oxygens (including phenoxy) is 1. The maximum Gasteiger partial charge on any atom is 0.354 e. The second-order valence-corrected chi connectivity index (χ2v) is 4.77. The molecular weight excluding hydrogens is 244 g/mol. The van der Waals surface area contributed by atoms with Gasteiger partial charge in [0, 0.05) is 12.7 Å². The van der Waals surface area contributed by atoms with E-state index in [1.807, 2.05) is 0 Å². The van der Waals surface area contributed by atoms with Crippen LogP contribution in [0.25, 0.3) is 0 Å². The van der Waals surface area contributed by atoms with Crippen LogP contribution < -0.4 is 5.32 Å². The summed E-state index contributed by atoms with van der Waals surface area (Å²) in [5.41, 5.74) is 0.404. The number of carbonyl (C=O) groups excluding carboxylic acids is 2. The third kappa shape index (κ3) is 5.16. The summed E-state index contributed by atoms with van der Waals surface area (Å²) in [6.45, 7) is 7.09. The van der Waals surface area contributed by atoms with Gasteiger partial charge in [0.2, 0.25) is 5.91 Å². The van der Waals surface area contributed by atoms with Crippen LogP contribution in [0.2, 0.25) is 0 Å². The summed E-state index contributed by atoms with van der Waals surface area (Å²) in [5.74, 6) is 0.0619. The molecule has 1 aromatic rings. The predicted octanol–water partition coefficient (Wildman–Crippen LogP) is 1.83. The molecule has 1 N–H and O–H groups in total. The van der Waals surface area contributed by atoms with Gasteiger partial charge in [-0.1, -0.05) is 13.8 Å². The van der Waals surface area contributed by atoms with Crippen LogP contribution in [-0.2, 0) is 16.1 Å². The molecule has 5 heteroatoms. The average Bonchev–Trinajstić information content (AvgIpc) is 2.76. The van der Waals surface area contributed by atoms with Gasteiger partial charge in [0.05, 0.1) is 6.61 Å². The van der Waals surface area contributed by atoms with E-state index in [1.165, 1.54) is 0 Å². The Balaban J connectivity index is 2.50. The number of hydrogen-bond acceptors (Lipinski definition) is 3. The lowest BCUT2D eigenvalue weighted by Crippen LogP contribution is -2.30. The van der Waals surface area contributed by atoms with Crippen molar-refractivity contribution in [2.45, 2.75) is 33.7 Å². The maximum atomic E-state index is 11.7. The van der Waals surface area contributed by atoms with E-state index in [0.29, 0.717) is 24.8 Å². The molecule has 0 aliphatic heterocycles. The highest BCUT2D eigenvalue weighted by atomic mass is 16.5. The monoisotopic (exact) mass is 266 g/mol. The predicted molar refractivity (Wildman–Crippen MR) is 72.9 cm³/mol. The summed E-state index contributed by atoms with van der Waals surface area (Å²) < 4.78 is 6.53.